The molecule has 0 aliphatic carbocycles. The van der Waals surface area contributed by atoms with Gasteiger partial charge in [-0.25, -0.2) is 4.98 Å². The Hall–Kier alpha value is -3.84. The number of hydrogen-bond acceptors (Lipinski definition) is 3. The summed E-state index contributed by atoms with van der Waals surface area (Å²) in [5.41, 5.74) is 12.3. The van der Waals surface area contributed by atoms with E-state index in [2.05, 4.69) is 35.3 Å². The second-order valence-electron chi connectivity index (χ2n) is 6.37. The van der Waals surface area contributed by atoms with Gasteiger partial charge in [-0.05, 0) is 29.3 Å². The van der Waals surface area contributed by atoms with Crippen molar-refractivity contribution in [2.45, 2.75) is 0 Å². The first-order chi connectivity index (χ1) is 13.2. The summed E-state index contributed by atoms with van der Waals surface area (Å²) in [6.45, 7) is 0. The Kier molecular flexibility index (Phi) is 4.19. The molecule has 0 saturated carbocycles. The lowest BCUT2D eigenvalue weighted by Crippen LogP contribution is -2.01. The van der Waals surface area contributed by atoms with E-state index in [9.17, 15) is 5.26 Å². The molecule has 0 bridgehead atoms. The molecule has 2 aromatic carbocycles. The molecular formula is C23H18N4. The van der Waals surface area contributed by atoms with E-state index in [4.69, 9.17) is 5.73 Å². The number of aromatic nitrogens is 2. The van der Waals surface area contributed by atoms with E-state index in [1.807, 2.05) is 66.3 Å². The maximum atomic E-state index is 9.53. The van der Waals surface area contributed by atoms with Gasteiger partial charge in [-0.3, -0.25) is 0 Å². The second-order valence-corrected chi connectivity index (χ2v) is 6.37. The number of aryl methyl sites for hydroxylation is 1. The molecule has 4 aromatic rings. The molecule has 4 heteroatoms. The van der Waals surface area contributed by atoms with Gasteiger partial charge in [0.1, 0.15) is 17.5 Å². The Labute approximate surface area is 158 Å². The van der Waals surface area contributed by atoms with Crippen LogP contribution in [0.2, 0.25) is 0 Å². The van der Waals surface area contributed by atoms with Crippen molar-refractivity contribution in [3.8, 4) is 39.7 Å². The van der Waals surface area contributed by atoms with E-state index in [0.717, 1.165) is 28.1 Å². The lowest BCUT2D eigenvalue weighted by molar-refractivity contribution is 0.936. The van der Waals surface area contributed by atoms with Crippen molar-refractivity contribution >= 4 is 5.82 Å². The molecule has 0 unspecified atom stereocenters. The smallest absolute Gasteiger partial charge is 0.142 e. The molecule has 0 amide bonds. The summed E-state index contributed by atoms with van der Waals surface area (Å²) in [7, 11) is 1.95. The Balaban J connectivity index is 1.80. The zero-order valence-electron chi connectivity index (χ0n) is 14.9. The second kappa shape index (κ2) is 6.81. The molecule has 2 aromatic heterocycles. The Morgan fingerprint density at radius 3 is 2.19 bits per heavy atom. The number of anilines is 1. The van der Waals surface area contributed by atoms with Crippen LogP contribution < -0.4 is 5.73 Å². The fourth-order valence-corrected chi connectivity index (χ4v) is 3.24. The Morgan fingerprint density at radius 2 is 1.56 bits per heavy atom. The third-order valence-electron chi connectivity index (χ3n) is 4.67. The molecule has 2 heterocycles. The Bertz CT molecular complexity index is 1130. The van der Waals surface area contributed by atoms with Crippen LogP contribution in [-0.4, -0.2) is 9.55 Å². The summed E-state index contributed by atoms with van der Waals surface area (Å²) in [6.07, 6.45) is 1.95. The molecule has 0 saturated heterocycles. The van der Waals surface area contributed by atoms with Gasteiger partial charge in [-0.1, -0.05) is 54.6 Å². The minimum atomic E-state index is 0.248. The quantitative estimate of drug-likeness (QED) is 0.573. The van der Waals surface area contributed by atoms with Crippen molar-refractivity contribution in [3.05, 3.63) is 84.6 Å². The van der Waals surface area contributed by atoms with E-state index in [1.165, 1.54) is 5.56 Å². The average molecular weight is 350 g/mol. The standard InChI is InChI=1S/C23H18N4/c1-27-13-5-8-22(27)19-14-21(26-23(25)20(19)15-24)18-11-9-17(10-12-18)16-6-3-2-4-7-16/h2-14H,1H3,(H2,25,26). The number of benzene rings is 2. The number of nitriles is 1. The largest absolute Gasteiger partial charge is 0.383 e. The molecule has 0 radical (unpaired) electrons. The van der Waals surface area contributed by atoms with Gasteiger partial charge in [0.25, 0.3) is 0 Å². The number of rotatable bonds is 3. The minimum Gasteiger partial charge on any atom is -0.383 e. The average Bonchev–Trinajstić information content (AvgIpc) is 3.14. The van der Waals surface area contributed by atoms with Crippen LogP contribution in [-0.2, 0) is 7.05 Å². The van der Waals surface area contributed by atoms with E-state index >= 15 is 0 Å². The molecule has 27 heavy (non-hydrogen) atoms. The lowest BCUT2D eigenvalue weighted by Gasteiger charge is -2.11. The van der Waals surface area contributed by atoms with E-state index in [0.29, 0.717) is 5.56 Å². The van der Waals surface area contributed by atoms with Crippen LogP contribution >= 0.6 is 0 Å². The summed E-state index contributed by atoms with van der Waals surface area (Å²) >= 11 is 0. The van der Waals surface area contributed by atoms with Crippen LogP contribution in [0, 0.1) is 11.3 Å². The van der Waals surface area contributed by atoms with Gasteiger partial charge in [-0.2, -0.15) is 5.26 Å². The van der Waals surface area contributed by atoms with Gasteiger partial charge in [0.2, 0.25) is 0 Å². The lowest BCUT2D eigenvalue weighted by atomic mass is 10.00. The molecule has 0 aliphatic rings. The number of hydrogen-bond donors (Lipinski definition) is 1. The van der Waals surface area contributed by atoms with Crippen LogP contribution in [0.1, 0.15) is 5.56 Å². The van der Waals surface area contributed by atoms with Crippen LogP contribution in [0.15, 0.2) is 79.0 Å². The van der Waals surface area contributed by atoms with Gasteiger partial charge >= 0.3 is 0 Å². The fourth-order valence-electron chi connectivity index (χ4n) is 3.24. The molecule has 4 nitrogen and oxygen atoms in total. The van der Waals surface area contributed by atoms with E-state index in [1.54, 1.807) is 0 Å². The first-order valence-electron chi connectivity index (χ1n) is 8.65. The van der Waals surface area contributed by atoms with Crippen molar-refractivity contribution in [3.63, 3.8) is 0 Å². The molecule has 130 valence electrons. The van der Waals surface area contributed by atoms with Crippen molar-refractivity contribution in [2.75, 3.05) is 5.73 Å². The van der Waals surface area contributed by atoms with Gasteiger partial charge < -0.3 is 10.3 Å². The highest BCUT2D eigenvalue weighted by atomic mass is 14.9. The topological polar surface area (TPSA) is 67.6 Å². The summed E-state index contributed by atoms with van der Waals surface area (Å²) in [6, 6.07) is 26.5. The maximum absolute atomic E-state index is 9.53. The monoisotopic (exact) mass is 350 g/mol. The molecule has 0 fully saturated rings. The summed E-state index contributed by atoms with van der Waals surface area (Å²) in [5.74, 6) is 0.248. The van der Waals surface area contributed by atoms with Crippen molar-refractivity contribution in [1.82, 2.24) is 9.55 Å². The molecule has 0 atom stereocenters. The highest BCUT2D eigenvalue weighted by molar-refractivity contribution is 5.79. The number of pyridine rings is 1. The summed E-state index contributed by atoms with van der Waals surface area (Å²) in [4.78, 5) is 4.46. The normalized spacial score (nSPS) is 10.5. The van der Waals surface area contributed by atoms with Crippen LogP contribution in [0.4, 0.5) is 5.82 Å². The first-order valence-corrected chi connectivity index (χ1v) is 8.65. The first kappa shape index (κ1) is 16.6. The van der Waals surface area contributed by atoms with Crippen LogP contribution in [0.3, 0.4) is 0 Å². The van der Waals surface area contributed by atoms with Crippen molar-refractivity contribution in [1.29, 1.82) is 5.26 Å². The maximum Gasteiger partial charge on any atom is 0.142 e. The predicted octanol–water partition coefficient (Wildman–Crippen LogP) is 4.87. The molecule has 0 aliphatic heterocycles. The fraction of sp³-hybridized carbons (Fsp3) is 0.0435. The molecule has 4 rings (SSSR count). The van der Waals surface area contributed by atoms with Crippen molar-refractivity contribution < 1.29 is 0 Å². The van der Waals surface area contributed by atoms with Crippen molar-refractivity contribution in [2.24, 2.45) is 7.05 Å². The molecule has 0 spiro atoms. The van der Waals surface area contributed by atoms with Crippen LogP contribution in [0.5, 0.6) is 0 Å². The third kappa shape index (κ3) is 3.07. The van der Waals surface area contributed by atoms with E-state index < -0.39 is 0 Å². The predicted molar refractivity (Wildman–Crippen MR) is 109 cm³/mol. The highest BCUT2D eigenvalue weighted by Gasteiger charge is 2.15. The van der Waals surface area contributed by atoms with Gasteiger partial charge in [0.15, 0.2) is 0 Å². The zero-order chi connectivity index (χ0) is 18.8. The molecule has 2 N–H and O–H groups in total. The third-order valence-corrected chi connectivity index (χ3v) is 4.67. The number of nitrogens with two attached hydrogens (primary N) is 1. The van der Waals surface area contributed by atoms with Crippen LogP contribution in [0.25, 0.3) is 33.6 Å². The highest BCUT2D eigenvalue weighted by Crippen LogP contribution is 2.32. The minimum absolute atomic E-state index is 0.248. The number of nitrogens with zero attached hydrogens (tertiary/aromatic N) is 3. The van der Waals surface area contributed by atoms with Gasteiger partial charge in [0, 0.05) is 30.1 Å². The SMILES string of the molecule is Cn1cccc1-c1cc(-c2ccc(-c3ccccc3)cc2)nc(N)c1C#N. The van der Waals surface area contributed by atoms with Gasteiger partial charge in [-0.15, -0.1) is 0 Å². The van der Waals surface area contributed by atoms with Gasteiger partial charge in [0.05, 0.1) is 5.69 Å². The summed E-state index contributed by atoms with van der Waals surface area (Å²) < 4.78 is 1.97. The molecular weight excluding hydrogens is 332 g/mol. The zero-order valence-corrected chi connectivity index (χ0v) is 14.9. The number of nitrogen functional groups attached to an aromatic ring is 1. The summed E-state index contributed by atoms with van der Waals surface area (Å²) in [5, 5.41) is 9.53. The van der Waals surface area contributed by atoms with E-state index in [-0.39, 0.29) is 5.82 Å². The Morgan fingerprint density at radius 1 is 0.889 bits per heavy atom.